The van der Waals surface area contributed by atoms with Crippen LogP contribution in [0.1, 0.15) is 36.7 Å². The van der Waals surface area contributed by atoms with Crippen molar-refractivity contribution in [1.29, 1.82) is 0 Å². The lowest BCUT2D eigenvalue weighted by molar-refractivity contribution is 0.0723. The van der Waals surface area contributed by atoms with Gasteiger partial charge in [-0.2, -0.15) is 0 Å². The Morgan fingerprint density at radius 2 is 2.44 bits per heavy atom. The maximum absolute atomic E-state index is 12.2. The largest absolute Gasteiger partial charge is 0.337 e. The molecule has 6 nitrogen and oxygen atoms in total. The molecule has 3 heterocycles. The lowest BCUT2D eigenvalue weighted by Gasteiger charge is -2.27. The van der Waals surface area contributed by atoms with Gasteiger partial charge in [0, 0.05) is 25.2 Å². The van der Waals surface area contributed by atoms with Crippen molar-refractivity contribution in [3.63, 3.8) is 0 Å². The van der Waals surface area contributed by atoms with Crippen molar-refractivity contribution in [2.45, 2.75) is 38.3 Å². The van der Waals surface area contributed by atoms with E-state index >= 15 is 0 Å². The topological polar surface area (TPSA) is 73.9 Å². The Labute approximate surface area is 106 Å². The quantitative estimate of drug-likeness (QED) is 0.810. The first kappa shape index (κ1) is 11.6. The van der Waals surface area contributed by atoms with Crippen molar-refractivity contribution in [2.75, 3.05) is 13.1 Å². The molecule has 0 aliphatic carbocycles. The van der Waals surface area contributed by atoms with Crippen molar-refractivity contribution >= 4 is 5.91 Å². The van der Waals surface area contributed by atoms with Crippen molar-refractivity contribution in [2.24, 2.45) is 5.92 Å². The minimum atomic E-state index is 0.00488. The Balaban J connectivity index is 1.64. The molecule has 2 aliphatic rings. The molecule has 2 bridgehead atoms. The number of hydrogen-bond acceptors (Lipinski definition) is 4. The minimum Gasteiger partial charge on any atom is -0.337 e. The van der Waals surface area contributed by atoms with Gasteiger partial charge in [0.1, 0.15) is 5.69 Å². The molecule has 1 aromatic rings. The Hall–Kier alpha value is -1.43. The van der Waals surface area contributed by atoms with Gasteiger partial charge in [0.05, 0.1) is 6.20 Å². The van der Waals surface area contributed by atoms with Crippen LogP contribution in [-0.4, -0.2) is 51.4 Å². The molecular weight excluding hydrogens is 230 g/mol. The van der Waals surface area contributed by atoms with E-state index in [4.69, 9.17) is 0 Å². The van der Waals surface area contributed by atoms with Crippen LogP contribution in [0.5, 0.6) is 0 Å². The molecule has 3 rings (SSSR count). The predicted molar refractivity (Wildman–Crippen MR) is 66.0 cm³/mol. The van der Waals surface area contributed by atoms with E-state index in [2.05, 4.69) is 20.7 Å². The summed E-state index contributed by atoms with van der Waals surface area (Å²) in [6.07, 6.45) is 5.25. The second-order valence-electron chi connectivity index (χ2n) is 5.26. The van der Waals surface area contributed by atoms with E-state index in [0.29, 0.717) is 23.7 Å². The van der Waals surface area contributed by atoms with Crippen LogP contribution in [0.2, 0.25) is 0 Å². The first-order valence-electron chi connectivity index (χ1n) is 6.69. The monoisotopic (exact) mass is 249 g/mol. The summed E-state index contributed by atoms with van der Waals surface area (Å²) >= 11 is 0. The zero-order valence-corrected chi connectivity index (χ0v) is 10.6. The Bertz CT molecular complexity index is 418. The van der Waals surface area contributed by atoms with Crippen LogP contribution in [0.25, 0.3) is 0 Å². The summed E-state index contributed by atoms with van der Waals surface area (Å²) in [5.41, 5.74) is 0.480. The Morgan fingerprint density at radius 1 is 1.56 bits per heavy atom. The smallest absolute Gasteiger partial charge is 0.273 e. The Kier molecular flexibility index (Phi) is 3.03. The number of H-pyrrole nitrogens is 1. The number of carbonyl (C=O) groups is 1. The van der Waals surface area contributed by atoms with Crippen molar-refractivity contribution in [3.8, 4) is 0 Å². The molecular formula is C12H19N5O. The van der Waals surface area contributed by atoms with Crippen LogP contribution in [0.4, 0.5) is 0 Å². The van der Waals surface area contributed by atoms with E-state index < -0.39 is 0 Å². The molecule has 0 unspecified atom stereocenters. The van der Waals surface area contributed by atoms with Crippen LogP contribution in [0.3, 0.4) is 0 Å². The third-order valence-electron chi connectivity index (χ3n) is 4.20. The zero-order valence-electron chi connectivity index (χ0n) is 10.6. The normalized spacial score (nSPS) is 29.7. The fourth-order valence-electron chi connectivity index (χ4n) is 3.25. The maximum Gasteiger partial charge on any atom is 0.273 e. The van der Waals surface area contributed by atoms with E-state index in [1.54, 1.807) is 0 Å². The van der Waals surface area contributed by atoms with Crippen LogP contribution < -0.4 is 5.32 Å². The molecule has 2 saturated heterocycles. The third-order valence-corrected chi connectivity index (χ3v) is 4.20. The molecule has 1 amide bonds. The van der Waals surface area contributed by atoms with Gasteiger partial charge in [-0.05, 0) is 32.1 Å². The number of carbonyl (C=O) groups excluding carboxylic acids is 1. The van der Waals surface area contributed by atoms with E-state index in [9.17, 15) is 4.79 Å². The van der Waals surface area contributed by atoms with Crippen molar-refractivity contribution in [1.82, 2.24) is 25.6 Å². The number of fused-ring (bicyclic) bond motifs is 2. The number of nitrogens with one attached hydrogen (secondary N) is 2. The molecule has 1 aromatic heterocycles. The summed E-state index contributed by atoms with van der Waals surface area (Å²) in [6.45, 7) is 3.58. The summed E-state index contributed by atoms with van der Waals surface area (Å²) in [5.74, 6) is 0.605. The number of hydrogen-bond donors (Lipinski definition) is 2. The molecule has 2 N–H and O–H groups in total. The van der Waals surface area contributed by atoms with Gasteiger partial charge in [-0.15, -0.1) is 5.10 Å². The lowest BCUT2D eigenvalue weighted by atomic mass is 9.89. The number of amides is 1. The van der Waals surface area contributed by atoms with Gasteiger partial charge in [0.2, 0.25) is 0 Å². The molecule has 0 aromatic carbocycles. The highest BCUT2D eigenvalue weighted by Crippen LogP contribution is 2.33. The van der Waals surface area contributed by atoms with Gasteiger partial charge in [0.15, 0.2) is 0 Å². The number of aromatic nitrogens is 3. The van der Waals surface area contributed by atoms with Gasteiger partial charge in [-0.3, -0.25) is 9.89 Å². The number of nitrogens with zero attached hydrogens (tertiary/aromatic N) is 3. The molecule has 18 heavy (non-hydrogen) atoms. The summed E-state index contributed by atoms with van der Waals surface area (Å²) in [5, 5.41) is 13.5. The summed E-state index contributed by atoms with van der Waals surface area (Å²) in [7, 11) is 0. The van der Waals surface area contributed by atoms with Crippen LogP contribution in [0.15, 0.2) is 6.20 Å². The van der Waals surface area contributed by atoms with Crippen LogP contribution >= 0.6 is 0 Å². The molecule has 6 heteroatoms. The second kappa shape index (κ2) is 4.68. The van der Waals surface area contributed by atoms with Crippen LogP contribution in [-0.2, 0) is 0 Å². The van der Waals surface area contributed by atoms with Gasteiger partial charge in [-0.25, -0.2) is 0 Å². The van der Waals surface area contributed by atoms with Gasteiger partial charge in [0.25, 0.3) is 5.91 Å². The average Bonchev–Trinajstić information content (AvgIpc) is 3.10. The van der Waals surface area contributed by atoms with E-state index in [1.165, 1.54) is 25.5 Å². The molecule has 98 valence electrons. The maximum atomic E-state index is 12.2. The Morgan fingerprint density at radius 3 is 3.00 bits per heavy atom. The number of aromatic amines is 1. The first-order valence-corrected chi connectivity index (χ1v) is 6.69. The van der Waals surface area contributed by atoms with Gasteiger partial charge in [-0.1, -0.05) is 5.21 Å². The zero-order chi connectivity index (χ0) is 12.5. The van der Waals surface area contributed by atoms with E-state index in [0.717, 1.165) is 13.1 Å². The highest BCUT2D eigenvalue weighted by Gasteiger charge is 2.40. The fraction of sp³-hybridized carbons (Fsp3) is 0.750. The van der Waals surface area contributed by atoms with Crippen LogP contribution in [0, 0.1) is 5.92 Å². The second-order valence-corrected chi connectivity index (χ2v) is 5.26. The summed E-state index contributed by atoms with van der Waals surface area (Å²) in [6, 6.07) is 1.29. The predicted octanol–water partition coefficient (Wildman–Crippen LogP) is 0.407. The molecule has 2 fully saturated rings. The number of rotatable bonds is 4. The molecule has 3 atom stereocenters. The minimum absolute atomic E-state index is 0.00488. The summed E-state index contributed by atoms with van der Waals surface area (Å²) in [4.78, 5) is 14.1. The molecule has 0 spiro atoms. The van der Waals surface area contributed by atoms with E-state index in [1.807, 2.05) is 11.8 Å². The van der Waals surface area contributed by atoms with Gasteiger partial charge < -0.3 is 10.2 Å². The highest BCUT2D eigenvalue weighted by atomic mass is 16.2. The third kappa shape index (κ3) is 2.01. The van der Waals surface area contributed by atoms with Crippen molar-refractivity contribution < 1.29 is 4.79 Å². The van der Waals surface area contributed by atoms with E-state index in [-0.39, 0.29) is 5.91 Å². The highest BCUT2D eigenvalue weighted by molar-refractivity contribution is 5.91. The standard InChI is InChI=1S/C12H19N5O/c1-2-17(12(18)11-6-13-16-15-11)7-8-5-9-3-4-10(8)14-9/h6,8-10,14H,2-5,7H2,1H3,(H,13,15,16)/t8-,9-,10+/m1/s1. The van der Waals surface area contributed by atoms with Gasteiger partial charge >= 0.3 is 0 Å². The average molecular weight is 249 g/mol. The molecule has 0 radical (unpaired) electrons. The lowest BCUT2D eigenvalue weighted by Crippen LogP contribution is -2.39. The molecule has 2 aliphatic heterocycles. The fourth-order valence-corrected chi connectivity index (χ4v) is 3.25. The van der Waals surface area contributed by atoms with Crippen molar-refractivity contribution in [3.05, 3.63) is 11.9 Å². The first-order chi connectivity index (χ1) is 8.78. The summed E-state index contributed by atoms with van der Waals surface area (Å²) < 4.78 is 0. The SMILES string of the molecule is CCN(C[C@H]1C[C@H]2CC[C@@H]1N2)C(=O)c1cnn[nH]1. The molecule has 0 saturated carbocycles.